The van der Waals surface area contributed by atoms with E-state index in [4.69, 9.17) is 19.7 Å². The number of nitrogens with zero attached hydrogens (tertiary/aromatic N) is 5. The van der Waals surface area contributed by atoms with E-state index in [-0.39, 0.29) is 0 Å². The molecule has 0 saturated heterocycles. The molecule has 0 N–H and O–H groups in total. The molecule has 0 unspecified atom stereocenters. The maximum atomic E-state index is 6.72. The molecule has 0 aliphatic carbocycles. The van der Waals surface area contributed by atoms with E-state index in [0.717, 1.165) is 94.3 Å². The van der Waals surface area contributed by atoms with Crippen LogP contribution in [0.4, 0.5) is 0 Å². The Kier molecular flexibility index (Phi) is 6.45. The van der Waals surface area contributed by atoms with Gasteiger partial charge in [0.25, 0.3) is 0 Å². The summed E-state index contributed by atoms with van der Waals surface area (Å²) >= 11 is 0. The van der Waals surface area contributed by atoms with Crippen LogP contribution in [-0.4, -0.2) is 23.8 Å². The highest BCUT2D eigenvalue weighted by Gasteiger charge is 2.21. The molecule has 11 rings (SSSR count). The molecule has 6 nitrogen and oxygen atoms in total. The highest BCUT2D eigenvalue weighted by molar-refractivity contribution is 6.14. The van der Waals surface area contributed by atoms with E-state index in [1.807, 2.05) is 36.7 Å². The minimum atomic E-state index is 0.716. The van der Waals surface area contributed by atoms with Gasteiger partial charge in [-0.05, 0) is 60.0 Å². The quantitative estimate of drug-likeness (QED) is 0.170. The molecule has 0 fully saturated rings. The van der Waals surface area contributed by atoms with E-state index in [0.29, 0.717) is 5.75 Å². The molecule has 0 aliphatic heterocycles. The normalized spacial score (nSPS) is 11.8. The standard InChI is InChI=1S/C47H29N5O/c1-4-13-30(14-5-1)42-29-49-46-39-28-34(23-25-37(39)44-41(51(42)46)21-12-26-48-44)53-33-22-24-35-36-19-10-11-20-40(36)52-45(32-17-8-3-9-18-32)43(31-15-6-2-7-16-31)50-47(52)38(35)27-33/h1-29H. The topological polar surface area (TPSA) is 56.7 Å². The number of benzene rings is 6. The number of para-hydroxylation sites is 1. The van der Waals surface area contributed by atoms with Gasteiger partial charge in [-0.25, -0.2) is 9.97 Å². The number of hydrogen-bond acceptors (Lipinski definition) is 4. The van der Waals surface area contributed by atoms with Crippen LogP contribution in [0.1, 0.15) is 0 Å². The van der Waals surface area contributed by atoms with Crippen molar-refractivity contribution in [2.45, 2.75) is 0 Å². The number of pyridine rings is 3. The summed E-state index contributed by atoms with van der Waals surface area (Å²) in [6.45, 7) is 0. The van der Waals surface area contributed by atoms with Gasteiger partial charge in [-0.15, -0.1) is 0 Å². The Morgan fingerprint density at radius 1 is 0.434 bits per heavy atom. The zero-order valence-corrected chi connectivity index (χ0v) is 28.4. The highest BCUT2D eigenvalue weighted by atomic mass is 16.5. The van der Waals surface area contributed by atoms with Gasteiger partial charge < -0.3 is 4.74 Å². The fourth-order valence-electron chi connectivity index (χ4n) is 7.90. The maximum Gasteiger partial charge on any atom is 0.146 e. The van der Waals surface area contributed by atoms with Gasteiger partial charge in [0, 0.05) is 44.4 Å². The summed E-state index contributed by atoms with van der Waals surface area (Å²) in [5.74, 6) is 1.44. The minimum Gasteiger partial charge on any atom is -0.457 e. The van der Waals surface area contributed by atoms with E-state index >= 15 is 0 Å². The van der Waals surface area contributed by atoms with Gasteiger partial charge in [-0.1, -0.05) is 109 Å². The maximum absolute atomic E-state index is 6.72. The number of rotatable bonds is 5. The van der Waals surface area contributed by atoms with Crippen molar-refractivity contribution < 1.29 is 4.74 Å². The van der Waals surface area contributed by atoms with Crippen molar-refractivity contribution in [3.8, 4) is 45.3 Å². The lowest BCUT2D eigenvalue weighted by atomic mass is 10.0. The van der Waals surface area contributed by atoms with Gasteiger partial charge in [0.1, 0.15) is 22.8 Å². The van der Waals surface area contributed by atoms with Crippen LogP contribution < -0.4 is 4.74 Å². The number of hydrogen-bond donors (Lipinski definition) is 0. The Labute approximate surface area is 303 Å². The first-order valence-corrected chi connectivity index (χ1v) is 17.7. The number of fused-ring (bicyclic) bond motifs is 12. The molecule has 0 bridgehead atoms. The molecule has 0 spiro atoms. The summed E-state index contributed by atoms with van der Waals surface area (Å²) in [6, 6.07) is 56.5. The summed E-state index contributed by atoms with van der Waals surface area (Å²) in [7, 11) is 0. The molecule has 0 saturated carbocycles. The average Bonchev–Trinajstić information content (AvgIpc) is 3.86. The summed E-state index contributed by atoms with van der Waals surface area (Å²) in [4.78, 5) is 15.2. The van der Waals surface area contributed by atoms with Crippen molar-refractivity contribution in [1.29, 1.82) is 0 Å². The molecular weight excluding hydrogens is 651 g/mol. The monoisotopic (exact) mass is 679 g/mol. The van der Waals surface area contributed by atoms with Crippen molar-refractivity contribution in [1.82, 2.24) is 23.8 Å². The van der Waals surface area contributed by atoms with E-state index in [1.165, 1.54) is 0 Å². The fourth-order valence-corrected chi connectivity index (χ4v) is 7.90. The average molecular weight is 680 g/mol. The van der Waals surface area contributed by atoms with Crippen molar-refractivity contribution in [3.05, 3.63) is 176 Å². The van der Waals surface area contributed by atoms with Crippen LogP contribution in [0.5, 0.6) is 11.5 Å². The van der Waals surface area contributed by atoms with Crippen LogP contribution in [0.25, 0.3) is 88.5 Å². The predicted octanol–water partition coefficient (Wildman–Crippen LogP) is 11.8. The summed E-state index contributed by atoms with van der Waals surface area (Å²) in [6.07, 6.45) is 3.79. The molecule has 5 aromatic heterocycles. The third-order valence-electron chi connectivity index (χ3n) is 10.2. The first-order valence-electron chi connectivity index (χ1n) is 17.7. The Balaban J connectivity index is 1.12. The van der Waals surface area contributed by atoms with E-state index in [9.17, 15) is 0 Å². The van der Waals surface area contributed by atoms with Gasteiger partial charge >= 0.3 is 0 Å². The lowest BCUT2D eigenvalue weighted by Crippen LogP contribution is -1.96. The van der Waals surface area contributed by atoms with Crippen molar-refractivity contribution in [2.24, 2.45) is 0 Å². The summed E-state index contributed by atoms with van der Waals surface area (Å²) in [5.41, 5.74) is 11.0. The first kappa shape index (κ1) is 29.4. The van der Waals surface area contributed by atoms with Crippen LogP contribution >= 0.6 is 0 Å². The molecule has 53 heavy (non-hydrogen) atoms. The van der Waals surface area contributed by atoms with Crippen molar-refractivity contribution in [3.63, 3.8) is 0 Å². The molecule has 248 valence electrons. The molecule has 0 amide bonds. The van der Waals surface area contributed by atoms with Gasteiger partial charge in [0.2, 0.25) is 0 Å². The lowest BCUT2D eigenvalue weighted by Gasteiger charge is -2.14. The van der Waals surface area contributed by atoms with Crippen molar-refractivity contribution in [2.75, 3.05) is 0 Å². The first-order chi connectivity index (χ1) is 26.3. The van der Waals surface area contributed by atoms with Crippen LogP contribution in [0.15, 0.2) is 176 Å². The van der Waals surface area contributed by atoms with E-state index in [1.54, 1.807) is 0 Å². The second-order valence-corrected chi connectivity index (χ2v) is 13.3. The number of aromatic nitrogens is 5. The van der Waals surface area contributed by atoms with Gasteiger partial charge in [0.05, 0.1) is 39.8 Å². The molecule has 0 aliphatic rings. The largest absolute Gasteiger partial charge is 0.457 e. The minimum absolute atomic E-state index is 0.716. The highest BCUT2D eigenvalue weighted by Crippen LogP contribution is 2.41. The Bertz CT molecular complexity index is 3190. The molecular formula is C47H29N5O. The van der Waals surface area contributed by atoms with Crippen LogP contribution in [0.3, 0.4) is 0 Å². The predicted molar refractivity (Wildman–Crippen MR) is 215 cm³/mol. The Morgan fingerprint density at radius 2 is 1.06 bits per heavy atom. The molecule has 6 heteroatoms. The lowest BCUT2D eigenvalue weighted by molar-refractivity contribution is 0.484. The van der Waals surface area contributed by atoms with Gasteiger partial charge in [0.15, 0.2) is 0 Å². The smallest absolute Gasteiger partial charge is 0.146 e. The van der Waals surface area contributed by atoms with Crippen LogP contribution in [-0.2, 0) is 0 Å². The Hall–Kier alpha value is -7.31. The molecule has 5 heterocycles. The van der Waals surface area contributed by atoms with Gasteiger partial charge in [-0.2, -0.15) is 0 Å². The molecule has 0 radical (unpaired) electrons. The zero-order chi connectivity index (χ0) is 34.9. The molecule has 11 aromatic rings. The van der Waals surface area contributed by atoms with E-state index in [2.05, 4.69) is 148 Å². The van der Waals surface area contributed by atoms with Crippen LogP contribution in [0, 0.1) is 0 Å². The third-order valence-corrected chi connectivity index (χ3v) is 10.2. The number of imidazole rings is 2. The fraction of sp³-hybridized carbons (Fsp3) is 0. The summed E-state index contributed by atoms with van der Waals surface area (Å²) in [5, 5.41) is 5.28. The summed E-state index contributed by atoms with van der Waals surface area (Å²) < 4.78 is 11.2. The van der Waals surface area contributed by atoms with Crippen LogP contribution in [0.2, 0.25) is 0 Å². The van der Waals surface area contributed by atoms with E-state index < -0.39 is 0 Å². The SMILES string of the molecule is c1ccc(-c2nc3c4cc(Oc5ccc6c(c5)c5ncc(-c7ccccc7)n5c5cccnc65)ccc4c4ccccc4n3c2-c2ccccc2)cc1. The molecule has 0 atom stereocenters. The Morgan fingerprint density at radius 3 is 1.81 bits per heavy atom. The second-order valence-electron chi connectivity index (χ2n) is 13.3. The number of ether oxygens (including phenoxy) is 1. The third kappa shape index (κ3) is 4.56. The second kappa shape index (κ2) is 11.6. The molecule has 6 aromatic carbocycles. The van der Waals surface area contributed by atoms with Gasteiger partial charge in [-0.3, -0.25) is 13.8 Å². The van der Waals surface area contributed by atoms with Crippen molar-refractivity contribution >= 4 is 54.8 Å². The zero-order valence-electron chi connectivity index (χ0n) is 28.4.